The predicted molar refractivity (Wildman–Crippen MR) is 111 cm³/mol. The minimum Gasteiger partial charge on any atom is -0.481 e. The van der Waals surface area contributed by atoms with Gasteiger partial charge < -0.3 is 15.3 Å². The highest BCUT2D eigenvalue weighted by atomic mass is 16.4. The van der Waals surface area contributed by atoms with Crippen LogP contribution < -0.4 is 10.6 Å². The number of imide groups is 1. The van der Waals surface area contributed by atoms with Gasteiger partial charge in [0.05, 0.1) is 11.8 Å². The molecule has 1 saturated carbocycles. The first-order valence-electron chi connectivity index (χ1n) is 11.0. The summed E-state index contributed by atoms with van der Waals surface area (Å²) in [5, 5.41) is 14.9. The lowest BCUT2D eigenvalue weighted by Crippen LogP contribution is -2.39. The zero-order valence-corrected chi connectivity index (χ0v) is 17.4. The molecule has 1 aromatic rings. The number of anilines is 1. The van der Waals surface area contributed by atoms with Gasteiger partial charge in [-0.2, -0.15) is 0 Å². The second-order valence-corrected chi connectivity index (χ2v) is 8.78. The average Bonchev–Trinajstić information content (AvgIpc) is 3.25. The van der Waals surface area contributed by atoms with Crippen molar-refractivity contribution in [1.82, 2.24) is 15.2 Å². The number of likely N-dealkylation sites (tertiary alicyclic amines) is 1. The summed E-state index contributed by atoms with van der Waals surface area (Å²) in [6, 6.07) is 3.95. The summed E-state index contributed by atoms with van der Waals surface area (Å²) in [4.78, 5) is 53.3. The monoisotopic (exact) mass is 428 g/mol. The van der Waals surface area contributed by atoms with Crippen molar-refractivity contribution in [2.45, 2.75) is 56.9 Å². The van der Waals surface area contributed by atoms with Crippen molar-refractivity contribution in [2.75, 3.05) is 18.4 Å². The van der Waals surface area contributed by atoms with E-state index in [2.05, 4.69) is 15.6 Å². The number of amides is 3. The van der Waals surface area contributed by atoms with Gasteiger partial charge in [-0.25, -0.2) is 4.98 Å². The molecule has 31 heavy (non-hydrogen) atoms. The van der Waals surface area contributed by atoms with Gasteiger partial charge in [0.25, 0.3) is 0 Å². The lowest BCUT2D eigenvalue weighted by Gasteiger charge is -2.31. The molecule has 0 radical (unpaired) electrons. The molecule has 3 fully saturated rings. The Hall–Kier alpha value is -2.97. The number of carbonyl (C=O) groups is 4. The van der Waals surface area contributed by atoms with E-state index in [0.29, 0.717) is 32.4 Å². The van der Waals surface area contributed by atoms with Crippen LogP contribution in [0.3, 0.4) is 0 Å². The van der Waals surface area contributed by atoms with E-state index in [1.54, 1.807) is 11.1 Å². The minimum atomic E-state index is -0.820. The number of aliphatic carboxylic acids is 1. The van der Waals surface area contributed by atoms with Crippen LogP contribution in [0.1, 0.15) is 56.4 Å². The number of pyridine rings is 1. The third-order valence-electron chi connectivity index (χ3n) is 6.71. The number of hydrogen-bond donors (Lipinski definition) is 3. The van der Waals surface area contributed by atoms with Gasteiger partial charge in [-0.05, 0) is 50.2 Å². The molecule has 9 heteroatoms. The number of nitrogens with one attached hydrogen (secondary N) is 2. The summed E-state index contributed by atoms with van der Waals surface area (Å²) < 4.78 is 0. The first kappa shape index (κ1) is 21.3. The first-order valence-corrected chi connectivity index (χ1v) is 11.0. The topological polar surface area (TPSA) is 129 Å². The standard InChI is InChI=1S/C22H28N4O5/c27-19-8-6-17(20(28)25-19)14-3-7-18(23-11-14)24-16-4-1-13(2-5-16)21(29)26-10-9-15(12-26)22(30)31/h3,7,11,13,15-17H,1-2,4-6,8-10,12H2,(H,23,24)(H,30,31)(H,25,27,28)/t13?,15-,16?,17?/m1/s1. The first-order chi connectivity index (χ1) is 14.9. The highest BCUT2D eigenvalue weighted by Gasteiger charge is 2.35. The molecule has 166 valence electrons. The van der Waals surface area contributed by atoms with Gasteiger partial charge in [-0.1, -0.05) is 6.07 Å². The molecule has 4 rings (SSSR count). The van der Waals surface area contributed by atoms with E-state index < -0.39 is 11.9 Å². The maximum absolute atomic E-state index is 12.7. The van der Waals surface area contributed by atoms with E-state index in [1.807, 2.05) is 12.1 Å². The number of hydrogen-bond acceptors (Lipinski definition) is 6. The van der Waals surface area contributed by atoms with Crippen LogP contribution in [0, 0.1) is 11.8 Å². The van der Waals surface area contributed by atoms with Crippen molar-refractivity contribution in [2.24, 2.45) is 11.8 Å². The Morgan fingerprint density at radius 3 is 2.45 bits per heavy atom. The van der Waals surface area contributed by atoms with E-state index in [4.69, 9.17) is 5.11 Å². The zero-order valence-electron chi connectivity index (χ0n) is 17.4. The molecule has 2 atom stereocenters. The van der Waals surface area contributed by atoms with Gasteiger partial charge in [-0.3, -0.25) is 24.5 Å². The quantitative estimate of drug-likeness (QED) is 0.606. The van der Waals surface area contributed by atoms with E-state index in [9.17, 15) is 19.2 Å². The predicted octanol–water partition coefficient (Wildman–Crippen LogP) is 1.51. The molecule has 2 saturated heterocycles. The van der Waals surface area contributed by atoms with Crippen LogP contribution in [0.4, 0.5) is 5.82 Å². The van der Waals surface area contributed by atoms with Gasteiger partial charge in [-0.15, -0.1) is 0 Å². The molecule has 3 aliphatic rings. The molecular weight excluding hydrogens is 400 g/mol. The normalized spacial score (nSPS) is 28.8. The van der Waals surface area contributed by atoms with Crippen molar-refractivity contribution in [3.8, 4) is 0 Å². The summed E-state index contributed by atoms with van der Waals surface area (Å²) in [7, 11) is 0. The fourth-order valence-electron chi connectivity index (χ4n) is 4.82. The Morgan fingerprint density at radius 1 is 1.06 bits per heavy atom. The average molecular weight is 428 g/mol. The number of carboxylic acid groups (broad SMARTS) is 1. The molecule has 1 aliphatic carbocycles. The number of nitrogens with zero attached hydrogens (tertiary/aromatic N) is 2. The third-order valence-corrected chi connectivity index (χ3v) is 6.71. The zero-order chi connectivity index (χ0) is 22.0. The van der Waals surface area contributed by atoms with Crippen LogP contribution in [-0.2, 0) is 19.2 Å². The van der Waals surface area contributed by atoms with E-state index in [0.717, 1.165) is 37.1 Å². The summed E-state index contributed by atoms with van der Waals surface area (Å²) in [6.45, 7) is 0.868. The van der Waals surface area contributed by atoms with Crippen molar-refractivity contribution in [3.63, 3.8) is 0 Å². The molecule has 1 unspecified atom stereocenters. The second kappa shape index (κ2) is 9.03. The minimum absolute atomic E-state index is 0.0338. The second-order valence-electron chi connectivity index (χ2n) is 8.78. The van der Waals surface area contributed by atoms with Crippen LogP contribution in [0.25, 0.3) is 0 Å². The number of aromatic nitrogens is 1. The SMILES string of the molecule is O=C1CCC(c2ccc(NC3CCC(C(=O)N4CC[C@@H](C(=O)O)C4)CC3)nc2)C(=O)N1. The van der Waals surface area contributed by atoms with Gasteiger partial charge in [0.2, 0.25) is 17.7 Å². The molecule has 9 nitrogen and oxygen atoms in total. The smallest absolute Gasteiger partial charge is 0.308 e. The van der Waals surface area contributed by atoms with Crippen LogP contribution >= 0.6 is 0 Å². The fourth-order valence-corrected chi connectivity index (χ4v) is 4.82. The van der Waals surface area contributed by atoms with Crippen LogP contribution in [0.15, 0.2) is 18.3 Å². The lowest BCUT2D eigenvalue weighted by molar-refractivity contribution is -0.142. The molecule has 0 aromatic carbocycles. The van der Waals surface area contributed by atoms with Crippen molar-refractivity contribution < 1.29 is 24.3 Å². The maximum atomic E-state index is 12.7. The lowest BCUT2D eigenvalue weighted by atomic mass is 9.85. The Morgan fingerprint density at radius 2 is 1.84 bits per heavy atom. The molecule has 0 spiro atoms. The molecular formula is C22H28N4O5. The van der Waals surface area contributed by atoms with Crippen molar-refractivity contribution in [3.05, 3.63) is 23.9 Å². The van der Waals surface area contributed by atoms with Gasteiger partial charge in [0, 0.05) is 37.7 Å². The molecule has 3 amide bonds. The van der Waals surface area contributed by atoms with Crippen molar-refractivity contribution in [1.29, 1.82) is 0 Å². The Labute approximate surface area is 180 Å². The molecule has 1 aromatic heterocycles. The Balaban J connectivity index is 1.25. The third kappa shape index (κ3) is 4.86. The highest BCUT2D eigenvalue weighted by molar-refractivity contribution is 6.00. The summed E-state index contributed by atoms with van der Waals surface area (Å²) in [5.74, 6) is -1.30. The van der Waals surface area contributed by atoms with Crippen LogP contribution in [0.5, 0.6) is 0 Å². The van der Waals surface area contributed by atoms with E-state index in [-0.39, 0.29) is 35.6 Å². The van der Waals surface area contributed by atoms with Gasteiger partial charge >= 0.3 is 5.97 Å². The Bertz CT molecular complexity index is 863. The molecule has 3 N–H and O–H groups in total. The fraction of sp³-hybridized carbons (Fsp3) is 0.591. The maximum Gasteiger partial charge on any atom is 0.308 e. The molecule has 2 aliphatic heterocycles. The number of rotatable bonds is 5. The van der Waals surface area contributed by atoms with Gasteiger partial charge in [0.15, 0.2) is 0 Å². The number of piperidine rings is 1. The van der Waals surface area contributed by atoms with Crippen LogP contribution in [-0.4, -0.2) is 57.8 Å². The van der Waals surface area contributed by atoms with E-state index in [1.165, 1.54) is 0 Å². The van der Waals surface area contributed by atoms with E-state index >= 15 is 0 Å². The summed E-state index contributed by atoms with van der Waals surface area (Å²) >= 11 is 0. The van der Waals surface area contributed by atoms with Crippen molar-refractivity contribution >= 4 is 29.5 Å². The summed E-state index contributed by atoms with van der Waals surface area (Å²) in [5.41, 5.74) is 0.801. The molecule has 0 bridgehead atoms. The van der Waals surface area contributed by atoms with Gasteiger partial charge in [0.1, 0.15) is 5.82 Å². The Kier molecular flexibility index (Phi) is 6.20. The summed E-state index contributed by atoms with van der Waals surface area (Å²) in [6.07, 6.45) is 6.32. The number of carboxylic acids is 1. The highest BCUT2D eigenvalue weighted by Crippen LogP contribution is 2.30. The largest absolute Gasteiger partial charge is 0.481 e. The molecule has 3 heterocycles. The number of carbonyl (C=O) groups excluding carboxylic acids is 3. The van der Waals surface area contributed by atoms with Crippen LogP contribution in [0.2, 0.25) is 0 Å².